The minimum Gasteiger partial charge on any atom is -0.465 e. The van der Waals surface area contributed by atoms with Gasteiger partial charge >= 0.3 is 11.8 Å². The zero-order chi connectivity index (χ0) is 15.4. The molecular formula is C12H15N3O5S. The van der Waals surface area contributed by atoms with Crippen molar-refractivity contribution in [3.05, 3.63) is 28.4 Å². The molecule has 0 aliphatic carbocycles. The SMILES string of the molecule is O=C(O)N1CCC(CS(=O)c2ncccc2[N+](=O)[O-])CC1. The molecule has 1 amide bonds. The molecular weight excluding hydrogens is 298 g/mol. The van der Waals surface area contributed by atoms with Crippen molar-refractivity contribution in [2.75, 3.05) is 18.8 Å². The molecule has 1 aromatic rings. The Morgan fingerprint density at radius 2 is 2.19 bits per heavy atom. The standard InChI is InChI=1S/C12H15N3O5S/c16-12(17)14-6-3-9(4-7-14)8-21(20)11-10(15(18)19)2-1-5-13-11/h1-2,5,9H,3-4,6-8H2,(H,16,17). The number of carbonyl (C=O) groups is 1. The second-order valence-corrected chi connectivity index (χ2v) is 6.22. The summed E-state index contributed by atoms with van der Waals surface area (Å²) in [6.07, 6.45) is 1.65. The zero-order valence-corrected chi connectivity index (χ0v) is 12.0. The zero-order valence-electron chi connectivity index (χ0n) is 11.2. The van der Waals surface area contributed by atoms with Crippen LogP contribution in [0.15, 0.2) is 23.4 Å². The number of hydrogen-bond acceptors (Lipinski definition) is 5. The molecule has 1 saturated heterocycles. The molecule has 2 heterocycles. The summed E-state index contributed by atoms with van der Waals surface area (Å²) in [5.74, 6) is 0.355. The Hall–Kier alpha value is -2.03. The fraction of sp³-hybridized carbons (Fsp3) is 0.500. The Morgan fingerprint density at radius 3 is 2.76 bits per heavy atom. The molecule has 0 radical (unpaired) electrons. The number of hydrogen-bond donors (Lipinski definition) is 1. The highest BCUT2D eigenvalue weighted by Crippen LogP contribution is 2.24. The molecule has 1 unspecified atom stereocenters. The molecule has 8 nitrogen and oxygen atoms in total. The van der Waals surface area contributed by atoms with Crippen LogP contribution in [-0.4, -0.2) is 49.1 Å². The fourth-order valence-electron chi connectivity index (χ4n) is 2.28. The summed E-state index contributed by atoms with van der Waals surface area (Å²) in [6.45, 7) is 0.809. The van der Waals surface area contributed by atoms with Gasteiger partial charge in [0.15, 0.2) is 0 Å². The van der Waals surface area contributed by atoms with E-state index >= 15 is 0 Å². The van der Waals surface area contributed by atoms with Crippen LogP contribution in [0.5, 0.6) is 0 Å². The summed E-state index contributed by atoms with van der Waals surface area (Å²) < 4.78 is 12.3. The van der Waals surface area contributed by atoms with Gasteiger partial charge in [0.2, 0.25) is 5.03 Å². The second kappa shape index (κ2) is 6.61. The molecule has 1 aromatic heterocycles. The predicted octanol–water partition coefficient (Wildman–Crippen LogP) is 1.49. The molecule has 1 atom stereocenters. The van der Waals surface area contributed by atoms with Gasteiger partial charge in [-0.15, -0.1) is 0 Å². The smallest absolute Gasteiger partial charge is 0.407 e. The summed E-state index contributed by atoms with van der Waals surface area (Å²) >= 11 is 0. The molecule has 1 fully saturated rings. The van der Waals surface area contributed by atoms with Crippen LogP contribution in [0.4, 0.5) is 10.5 Å². The number of amides is 1. The van der Waals surface area contributed by atoms with Crippen LogP contribution >= 0.6 is 0 Å². The maximum Gasteiger partial charge on any atom is 0.407 e. The van der Waals surface area contributed by atoms with Crippen LogP contribution in [0.25, 0.3) is 0 Å². The molecule has 0 bridgehead atoms. The number of aromatic nitrogens is 1. The molecule has 1 aliphatic heterocycles. The van der Waals surface area contributed by atoms with Crippen molar-refractivity contribution in [1.29, 1.82) is 0 Å². The maximum absolute atomic E-state index is 12.3. The number of nitrogens with zero attached hydrogens (tertiary/aromatic N) is 3. The number of likely N-dealkylation sites (tertiary alicyclic amines) is 1. The molecule has 1 aliphatic rings. The maximum atomic E-state index is 12.3. The van der Waals surface area contributed by atoms with Crippen LogP contribution in [0.2, 0.25) is 0 Å². The van der Waals surface area contributed by atoms with Gasteiger partial charge in [-0.2, -0.15) is 0 Å². The van der Waals surface area contributed by atoms with E-state index in [9.17, 15) is 19.1 Å². The van der Waals surface area contributed by atoms with E-state index in [-0.39, 0.29) is 22.4 Å². The van der Waals surface area contributed by atoms with Crippen molar-refractivity contribution in [3.8, 4) is 0 Å². The van der Waals surface area contributed by atoms with Gasteiger partial charge in [0.1, 0.15) is 0 Å². The van der Waals surface area contributed by atoms with Gasteiger partial charge in [-0.05, 0) is 24.8 Å². The minimum atomic E-state index is -1.55. The number of carboxylic acid groups (broad SMARTS) is 1. The van der Waals surface area contributed by atoms with Crippen LogP contribution in [0.3, 0.4) is 0 Å². The van der Waals surface area contributed by atoms with E-state index in [2.05, 4.69) is 4.98 Å². The van der Waals surface area contributed by atoms with E-state index in [4.69, 9.17) is 5.11 Å². The third kappa shape index (κ3) is 3.75. The number of nitro groups is 1. The van der Waals surface area contributed by atoms with Crippen molar-refractivity contribution in [3.63, 3.8) is 0 Å². The van der Waals surface area contributed by atoms with E-state index < -0.39 is 21.8 Å². The molecule has 9 heteroatoms. The van der Waals surface area contributed by atoms with Crippen molar-refractivity contribution in [2.24, 2.45) is 5.92 Å². The van der Waals surface area contributed by atoms with Gasteiger partial charge < -0.3 is 10.0 Å². The van der Waals surface area contributed by atoms with Crippen LogP contribution in [0, 0.1) is 16.0 Å². The monoisotopic (exact) mass is 313 g/mol. The van der Waals surface area contributed by atoms with Gasteiger partial charge in [0.05, 0.1) is 15.7 Å². The van der Waals surface area contributed by atoms with E-state index in [1.165, 1.54) is 23.2 Å². The first kappa shape index (κ1) is 15.4. The van der Waals surface area contributed by atoms with Crippen molar-refractivity contribution in [1.82, 2.24) is 9.88 Å². The van der Waals surface area contributed by atoms with Gasteiger partial charge in [0, 0.05) is 31.1 Å². The third-order valence-corrected chi connectivity index (χ3v) is 4.96. The quantitative estimate of drug-likeness (QED) is 0.665. The molecule has 21 heavy (non-hydrogen) atoms. The molecule has 0 aromatic carbocycles. The fourth-order valence-corrected chi connectivity index (χ4v) is 3.75. The molecule has 0 spiro atoms. The molecule has 0 saturated carbocycles. The Kier molecular flexibility index (Phi) is 4.84. The largest absolute Gasteiger partial charge is 0.465 e. The highest BCUT2D eigenvalue weighted by molar-refractivity contribution is 7.85. The minimum absolute atomic E-state index is 0.0110. The number of piperidine rings is 1. The van der Waals surface area contributed by atoms with Gasteiger partial charge in [0.25, 0.3) is 0 Å². The Bertz CT molecular complexity index is 572. The Morgan fingerprint density at radius 1 is 1.52 bits per heavy atom. The summed E-state index contributed by atoms with van der Waals surface area (Å²) in [5, 5.41) is 19.7. The van der Waals surface area contributed by atoms with Gasteiger partial charge in [-0.25, -0.2) is 9.78 Å². The summed E-state index contributed by atoms with van der Waals surface area (Å²) in [5.41, 5.74) is -0.237. The van der Waals surface area contributed by atoms with Gasteiger partial charge in [-0.1, -0.05) is 0 Å². The summed E-state index contributed by atoms with van der Waals surface area (Å²) in [4.78, 5) is 26.3. The number of pyridine rings is 1. The highest BCUT2D eigenvalue weighted by atomic mass is 32.2. The lowest BCUT2D eigenvalue weighted by molar-refractivity contribution is -0.388. The van der Waals surface area contributed by atoms with E-state index in [1.807, 2.05) is 0 Å². The first-order valence-corrected chi connectivity index (χ1v) is 7.76. The van der Waals surface area contributed by atoms with Crippen molar-refractivity contribution < 1.29 is 19.0 Å². The lowest BCUT2D eigenvalue weighted by atomic mass is 9.99. The first-order chi connectivity index (χ1) is 9.99. The summed E-state index contributed by atoms with van der Waals surface area (Å²) in [6, 6.07) is 2.72. The lowest BCUT2D eigenvalue weighted by Gasteiger charge is -2.29. The lowest BCUT2D eigenvalue weighted by Crippen LogP contribution is -2.38. The van der Waals surface area contributed by atoms with Crippen molar-refractivity contribution >= 4 is 22.6 Å². The first-order valence-electron chi connectivity index (χ1n) is 6.44. The molecule has 114 valence electrons. The Labute approximate surface area is 123 Å². The average Bonchev–Trinajstić information content (AvgIpc) is 2.47. The van der Waals surface area contributed by atoms with E-state index in [0.717, 1.165) is 0 Å². The van der Waals surface area contributed by atoms with E-state index in [0.29, 0.717) is 25.9 Å². The second-order valence-electron chi connectivity index (χ2n) is 4.81. The topological polar surface area (TPSA) is 114 Å². The van der Waals surface area contributed by atoms with Gasteiger partial charge in [-0.3, -0.25) is 14.3 Å². The van der Waals surface area contributed by atoms with Crippen molar-refractivity contribution in [2.45, 2.75) is 17.9 Å². The highest BCUT2D eigenvalue weighted by Gasteiger charge is 2.27. The third-order valence-electron chi connectivity index (χ3n) is 3.44. The molecule has 1 N–H and O–H groups in total. The number of rotatable bonds is 4. The molecule has 2 rings (SSSR count). The van der Waals surface area contributed by atoms with Crippen LogP contribution in [0.1, 0.15) is 12.8 Å². The van der Waals surface area contributed by atoms with Crippen LogP contribution in [-0.2, 0) is 10.8 Å². The average molecular weight is 313 g/mol. The normalized spacial score (nSPS) is 17.4. The van der Waals surface area contributed by atoms with E-state index in [1.54, 1.807) is 0 Å². The Balaban J connectivity index is 2.00. The predicted molar refractivity (Wildman–Crippen MR) is 74.5 cm³/mol. The van der Waals surface area contributed by atoms with Crippen LogP contribution < -0.4 is 0 Å². The summed E-state index contributed by atoms with van der Waals surface area (Å²) in [7, 11) is -1.55.